The van der Waals surface area contributed by atoms with Crippen molar-refractivity contribution in [3.63, 3.8) is 0 Å². The number of rotatable bonds is 11. The molecule has 0 bridgehead atoms. The standard InChI is InChI=1S/C31H30N2O3S/c34-31(35)23-32(21-24-10-2-1-3-11-24)22-25-12-8-13-26(20-25)36-19-9-18-33-27-14-4-6-16-29(27)37-30-17-7-5-15-28(30)33/h1-8,10-17,20H,9,18-19,21-23H2,(H,34,35). The van der Waals surface area contributed by atoms with Crippen LogP contribution in [0.15, 0.2) is 113 Å². The van der Waals surface area contributed by atoms with E-state index < -0.39 is 5.97 Å². The Balaban J connectivity index is 1.19. The molecule has 188 valence electrons. The van der Waals surface area contributed by atoms with Gasteiger partial charge in [0, 0.05) is 29.4 Å². The Hall–Kier alpha value is -3.74. The van der Waals surface area contributed by atoms with Gasteiger partial charge in [0.05, 0.1) is 24.5 Å². The van der Waals surface area contributed by atoms with E-state index in [1.165, 1.54) is 21.2 Å². The first-order chi connectivity index (χ1) is 18.2. The van der Waals surface area contributed by atoms with Gasteiger partial charge in [-0.3, -0.25) is 9.69 Å². The normalized spacial score (nSPS) is 12.2. The van der Waals surface area contributed by atoms with E-state index in [2.05, 4.69) is 53.4 Å². The van der Waals surface area contributed by atoms with Gasteiger partial charge >= 0.3 is 5.97 Å². The van der Waals surface area contributed by atoms with Crippen molar-refractivity contribution in [2.45, 2.75) is 29.3 Å². The molecule has 1 heterocycles. The highest BCUT2D eigenvalue weighted by Gasteiger charge is 2.22. The van der Waals surface area contributed by atoms with Crippen LogP contribution in [-0.2, 0) is 17.9 Å². The number of carbonyl (C=O) groups is 1. The number of nitrogens with zero attached hydrogens (tertiary/aromatic N) is 2. The fourth-order valence-electron chi connectivity index (χ4n) is 4.63. The number of para-hydroxylation sites is 2. The summed E-state index contributed by atoms with van der Waals surface area (Å²) in [5, 5.41) is 9.40. The molecule has 0 atom stereocenters. The van der Waals surface area contributed by atoms with Gasteiger partial charge in [0.1, 0.15) is 5.75 Å². The molecule has 1 aliphatic rings. The molecule has 1 aliphatic heterocycles. The Morgan fingerprint density at radius 2 is 1.41 bits per heavy atom. The monoisotopic (exact) mass is 510 g/mol. The van der Waals surface area contributed by atoms with Crippen molar-refractivity contribution in [3.05, 3.63) is 114 Å². The third-order valence-corrected chi connectivity index (χ3v) is 7.37. The minimum Gasteiger partial charge on any atom is -0.494 e. The zero-order valence-electron chi connectivity index (χ0n) is 20.6. The van der Waals surface area contributed by atoms with E-state index in [-0.39, 0.29) is 6.54 Å². The predicted octanol–water partition coefficient (Wildman–Crippen LogP) is 6.85. The maximum absolute atomic E-state index is 11.4. The van der Waals surface area contributed by atoms with Crippen LogP contribution < -0.4 is 9.64 Å². The van der Waals surface area contributed by atoms with Gasteiger partial charge < -0.3 is 14.7 Å². The second-order valence-corrected chi connectivity index (χ2v) is 10.1. The Morgan fingerprint density at radius 1 is 0.784 bits per heavy atom. The van der Waals surface area contributed by atoms with E-state index >= 15 is 0 Å². The number of benzene rings is 4. The van der Waals surface area contributed by atoms with E-state index in [1.807, 2.05) is 71.3 Å². The average molecular weight is 511 g/mol. The molecular formula is C31H30N2O3S. The smallest absolute Gasteiger partial charge is 0.317 e. The molecular weight excluding hydrogens is 480 g/mol. The lowest BCUT2D eigenvalue weighted by molar-refractivity contribution is -0.138. The van der Waals surface area contributed by atoms with Gasteiger partial charge in [-0.1, -0.05) is 78.5 Å². The number of aliphatic carboxylic acids is 1. The van der Waals surface area contributed by atoms with Crippen LogP contribution in [0.3, 0.4) is 0 Å². The molecule has 1 N–H and O–H groups in total. The molecule has 0 unspecified atom stereocenters. The SMILES string of the molecule is O=C(O)CN(Cc1ccccc1)Cc1cccc(OCCCN2c3ccccc3Sc3ccccc32)c1. The summed E-state index contributed by atoms with van der Waals surface area (Å²) in [5.41, 5.74) is 4.61. The fourth-order valence-corrected chi connectivity index (χ4v) is 5.72. The van der Waals surface area contributed by atoms with Crippen LogP contribution in [0.25, 0.3) is 0 Å². The summed E-state index contributed by atoms with van der Waals surface area (Å²) in [5.74, 6) is -0.0231. The molecule has 0 aromatic heterocycles. The summed E-state index contributed by atoms with van der Waals surface area (Å²) in [7, 11) is 0. The number of carboxylic acids is 1. The van der Waals surface area contributed by atoms with Gasteiger partial charge in [0.2, 0.25) is 0 Å². The quantitative estimate of drug-likeness (QED) is 0.223. The van der Waals surface area contributed by atoms with E-state index in [1.54, 1.807) is 0 Å². The van der Waals surface area contributed by atoms with Gasteiger partial charge in [-0.25, -0.2) is 0 Å². The highest BCUT2D eigenvalue weighted by Crippen LogP contribution is 2.47. The molecule has 5 rings (SSSR count). The first-order valence-corrected chi connectivity index (χ1v) is 13.3. The second-order valence-electron chi connectivity index (χ2n) is 9.06. The first kappa shape index (κ1) is 24.9. The van der Waals surface area contributed by atoms with Crippen molar-refractivity contribution in [2.24, 2.45) is 0 Å². The van der Waals surface area contributed by atoms with Crippen molar-refractivity contribution < 1.29 is 14.6 Å². The molecule has 0 aliphatic carbocycles. The van der Waals surface area contributed by atoms with Crippen LogP contribution in [0.1, 0.15) is 17.5 Å². The molecule has 0 saturated carbocycles. The van der Waals surface area contributed by atoms with Crippen molar-refractivity contribution in [1.82, 2.24) is 4.90 Å². The topological polar surface area (TPSA) is 53.0 Å². The zero-order valence-corrected chi connectivity index (χ0v) is 21.4. The minimum atomic E-state index is -0.831. The molecule has 0 saturated heterocycles. The lowest BCUT2D eigenvalue weighted by atomic mass is 10.1. The summed E-state index contributed by atoms with van der Waals surface area (Å²) < 4.78 is 6.13. The number of fused-ring (bicyclic) bond motifs is 2. The fraction of sp³-hybridized carbons (Fsp3) is 0.194. The second kappa shape index (κ2) is 12.0. The molecule has 0 radical (unpaired) electrons. The van der Waals surface area contributed by atoms with Crippen LogP contribution in [0, 0.1) is 0 Å². The van der Waals surface area contributed by atoms with Crippen molar-refractivity contribution in [3.8, 4) is 5.75 Å². The summed E-state index contributed by atoms with van der Waals surface area (Å²) in [6.45, 7) is 2.56. The number of ether oxygens (including phenoxy) is 1. The van der Waals surface area contributed by atoms with Crippen LogP contribution >= 0.6 is 11.8 Å². The maximum Gasteiger partial charge on any atom is 0.317 e. The highest BCUT2D eigenvalue weighted by atomic mass is 32.2. The van der Waals surface area contributed by atoms with Crippen LogP contribution in [-0.4, -0.2) is 35.7 Å². The third-order valence-electron chi connectivity index (χ3n) is 6.24. The van der Waals surface area contributed by atoms with Gasteiger partial charge in [0.25, 0.3) is 0 Å². The van der Waals surface area contributed by atoms with Crippen LogP contribution in [0.4, 0.5) is 11.4 Å². The number of hydrogen-bond acceptors (Lipinski definition) is 5. The average Bonchev–Trinajstić information content (AvgIpc) is 2.91. The van der Waals surface area contributed by atoms with E-state index in [0.29, 0.717) is 19.7 Å². The molecule has 6 heteroatoms. The Kier molecular flexibility index (Phi) is 8.08. The highest BCUT2D eigenvalue weighted by molar-refractivity contribution is 7.99. The van der Waals surface area contributed by atoms with E-state index in [4.69, 9.17) is 4.74 Å². The Labute approximate surface area is 222 Å². The van der Waals surface area contributed by atoms with Gasteiger partial charge in [0.15, 0.2) is 0 Å². The Morgan fingerprint density at radius 3 is 2.11 bits per heavy atom. The third kappa shape index (κ3) is 6.53. The van der Waals surface area contributed by atoms with Crippen LogP contribution in [0.5, 0.6) is 5.75 Å². The summed E-state index contributed by atoms with van der Waals surface area (Å²) in [4.78, 5) is 18.3. The summed E-state index contributed by atoms with van der Waals surface area (Å²) in [6.07, 6.45) is 0.872. The summed E-state index contributed by atoms with van der Waals surface area (Å²) in [6, 6.07) is 35.0. The number of hydrogen-bond donors (Lipinski definition) is 1. The van der Waals surface area contributed by atoms with E-state index in [9.17, 15) is 9.90 Å². The maximum atomic E-state index is 11.4. The minimum absolute atomic E-state index is 0.0168. The van der Waals surface area contributed by atoms with Crippen molar-refractivity contribution in [1.29, 1.82) is 0 Å². The van der Waals surface area contributed by atoms with Crippen LogP contribution in [0.2, 0.25) is 0 Å². The molecule has 5 nitrogen and oxygen atoms in total. The zero-order chi connectivity index (χ0) is 25.5. The first-order valence-electron chi connectivity index (χ1n) is 12.5. The Bertz CT molecular complexity index is 1300. The lowest BCUT2D eigenvalue weighted by Crippen LogP contribution is -2.29. The van der Waals surface area contributed by atoms with Gasteiger partial charge in [-0.15, -0.1) is 0 Å². The molecule has 4 aromatic rings. The predicted molar refractivity (Wildman–Crippen MR) is 149 cm³/mol. The largest absolute Gasteiger partial charge is 0.494 e. The molecule has 0 spiro atoms. The number of anilines is 2. The molecule has 0 amide bonds. The van der Waals surface area contributed by atoms with Gasteiger partial charge in [-0.05, 0) is 53.9 Å². The number of carboxylic acid groups (broad SMARTS) is 1. The van der Waals surface area contributed by atoms with Crippen molar-refractivity contribution in [2.75, 3.05) is 24.6 Å². The van der Waals surface area contributed by atoms with E-state index in [0.717, 1.165) is 29.8 Å². The van der Waals surface area contributed by atoms with Crippen molar-refractivity contribution >= 4 is 29.1 Å². The molecule has 4 aromatic carbocycles. The van der Waals surface area contributed by atoms with Gasteiger partial charge in [-0.2, -0.15) is 0 Å². The summed E-state index contributed by atoms with van der Waals surface area (Å²) >= 11 is 1.82. The molecule has 0 fully saturated rings. The lowest BCUT2D eigenvalue weighted by Gasteiger charge is -2.32. The molecule has 37 heavy (non-hydrogen) atoms.